The Morgan fingerprint density at radius 2 is 2.00 bits per heavy atom. The molecule has 2 N–H and O–H groups in total. The Kier molecular flexibility index (Phi) is 3.32. The van der Waals surface area contributed by atoms with E-state index in [1.165, 1.54) is 6.42 Å². The van der Waals surface area contributed by atoms with Crippen molar-refractivity contribution in [3.05, 3.63) is 11.7 Å². The van der Waals surface area contributed by atoms with Crippen molar-refractivity contribution in [2.24, 2.45) is 5.73 Å². The Hall–Kier alpha value is -0.980. The van der Waals surface area contributed by atoms with Crippen LogP contribution in [0.4, 0.5) is 0 Å². The SMILES string of the molecule is NC1(c2nc(C3COCCO3)no2)CCCCC1. The van der Waals surface area contributed by atoms with E-state index in [9.17, 15) is 0 Å². The summed E-state index contributed by atoms with van der Waals surface area (Å²) in [6, 6.07) is 0. The Morgan fingerprint density at radius 1 is 1.17 bits per heavy atom. The molecule has 18 heavy (non-hydrogen) atoms. The number of aromatic nitrogens is 2. The van der Waals surface area contributed by atoms with E-state index in [4.69, 9.17) is 19.7 Å². The van der Waals surface area contributed by atoms with Gasteiger partial charge in [-0.25, -0.2) is 0 Å². The van der Waals surface area contributed by atoms with Gasteiger partial charge < -0.3 is 19.7 Å². The molecule has 2 fully saturated rings. The van der Waals surface area contributed by atoms with Crippen molar-refractivity contribution in [2.45, 2.75) is 43.7 Å². The lowest BCUT2D eigenvalue weighted by Gasteiger charge is -2.29. The van der Waals surface area contributed by atoms with Crippen LogP contribution in [-0.4, -0.2) is 30.0 Å². The largest absolute Gasteiger partial charge is 0.376 e. The Labute approximate surface area is 106 Å². The van der Waals surface area contributed by atoms with E-state index in [0.29, 0.717) is 31.5 Å². The summed E-state index contributed by atoms with van der Waals surface area (Å²) in [4.78, 5) is 4.42. The molecule has 0 amide bonds. The van der Waals surface area contributed by atoms with Crippen LogP contribution in [0.25, 0.3) is 0 Å². The van der Waals surface area contributed by atoms with Crippen LogP contribution in [0.5, 0.6) is 0 Å². The number of ether oxygens (including phenoxy) is 2. The summed E-state index contributed by atoms with van der Waals surface area (Å²) in [6.07, 6.45) is 5.09. The van der Waals surface area contributed by atoms with Gasteiger partial charge in [0.05, 0.1) is 25.4 Å². The van der Waals surface area contributed by atoms with Crippen molar-refractivity contribution in [3.8, 4) is 0 Å². The molecular weight excluding hydrogens is 234 g/mol. The minimum absolute atomic E-state index is 0.219. The van der Waals surface area contributed by atoms with Crippen LogP contribution in [0.1, 0.15) is 49.9 Å². The first-order chi connectivity index (χ1) is 8.78. The van der Waals surface area contributed by atoms with E-state index >= 15 is 0 Å². The third-order valence-corrected chi connectivity index (χ3v) is 3.72. The molecule has 1 saturated heterocycles. The van der Waals surface area contributed by atoms with Crippen molar-refractivity contribution in [3.63, 3.8) is 0 Å². The lowest BCUT2D eigenvalue weighted by molar-refractivity contribution is -0.0941. The molecule has 1 unspecified atom stereocenters. The molecule has 1 aromatic rings. The predicted octanol–water partition coefficient (Wildman–Crippen LogP) is 1.28. The lowest BCUT2D eigenvalue weighted by atomic mass is 9.82. The van der Waals surface area contributed by atoms with Gasteiger partial charge in [0.15, 0.2) is 0 Å². The summed E-state index contributed by atoms with van der Waals surface area (Å²) in [5, 5.41) is 3.99. The quantitative estimate of drug-likeness (QED) is 0.854. The van der Waals surface area contributed by atoms with Gasteiger partial charge in [-0.1, -0.05) is 24.4 Å². The molecule has 0 bridgehead atoms. The number of rotatable bonds is 2. The van der Waals surface area contributed by atoms with E-state index in [1.54, 1.807) is 0 Å². The molecular formula is C12H19N3O3. The van der Waals surface area contributed by atoms with Gasteiger partial charge in [0, 0.05) is 0 Å². The van der Waals surface area contributed by atoms with Gasteiger partial charge in [0.1, 0.15) is 6.10 Å². The predicted molar refractivity (Wildman–Crippen MR) is 62.8 cm³/mol. The Morgan fingerprint density at radius 3 is 2.72 bits per heavy atom. The molecule has 0 radical (unpaired) electrons. The summed E-state index contributed by atoms with van der Waals surface area (Å²) < 4.78 is 16.2. The van der Waals surface area contributed by atoms with Crippen molar-refractivity contribution >= 4 is 0 Å². The van der Waals surface area contributed by atoms with Gasteiger partial charge in [-0.05, 0) is 12.8 Å². The molecule has 2 aliphatic rings. The molecule has 6 nitrogen and oxygen atoms in total. The fourth-order valence-corrected chi connectivity index (χ4v) is 2.60. The van der Waals surface area contributed by atoms with Crippen LogP contribution in [-0.2, 0) is 15.0 Å². The molecule has 3 rings (SSSR count). The van der Waals surface area contributed by atoms with E-state index in [-0.39, 0.29) is 6.10 Å². The fourth-order valence-electron chi connectivity index (χ4n) is 2.60. The molecule has 1 saturated carbocycles. The third-order valence-electron chi connectivity index (χ3n) is 3.72. The van der Waals surface area contributed by atoms with E-state index in [2.05, 4.69) is 10.1 Å². The molecule has 100 valence electrons. The molecule has 0 spiro atoms. The van der Waals surface area contributed by atoms with E-state index in [0.717, 1.165) is 25.7 Å². The van der Waals surface area contributed by atoms with Crippen LogP contribution in [0.3, 0.4) is 0 Å². The first-order valence-corrected chi connectivity index (χ1v) is 6.60. The van der Waals surface area contributed by atoms with Gasteiger partial charge in [0.25, 0.3) is 0 Å². The first kappa shape index (κ1) is 12.1. The van der Waals surface area contributed by atoms with E-state index < -0.39 is 5.54 Å². The zero-order valence-corrected chi connectivity index (χ0v) is 10.4. The minimum atomic E-state index is -0.445. The standard InChI is InChI=1S/C12H19N3O3/c13-12(4-2-1-3-5-12)11-14-10(15-18-11)9-8-16-6-7-17-9/h9H,1-8,13H2. The molecule has 0 aromatic carbocycles. The summed E-state index contributed by atoms with van der Waals surface area (Å²) in [6.45, 7) is 1.68. The number of nitrogens with zero attached hydrogens (tertiary/aromatic N) is 2. The summed E-state index contributed by atoms with van der Waals surface area (Å²) in [5.41, 5.74) is 5.91. The van der Waals surface area contributed by atoms with Crippen molar-refractivity contribution < 1.29 is 14.0 Å². The Balaban J connectivity index is 1.75. The maximum absolute atomic E-state index is 6.35. The first-order valence-electron chi connectivity index (χ1n) is 6.60. The summed E-state index contributed by atoms with van der Waals surface area (Å²) >= 11 is 0. The molecule has 6 heteroatoms. The van der Waals surface area contributed by atoms with E-state index in [1.807, 2.05) is 0 Å². The highest BCUT2D eigenvalue weighted by Crippen LogP contribution is 2.34. The maximum atomic E-state index is 6.35. The zero-order chi connectivity index (χ0) is 12.4. The second-order valence-electron chi connectivity index (χ2n) is 5.11. The van der Waals surface area contributed by atoms with Crippen molar-refractivity contribution in [1.82, 2.24) is 10.1 Å². The molecule has 1 aromatic heterocycles. The topological polar surface area (TPSA) is 83.4 Å². The lowest BCUT2D eigenvalue weighted by Crippen LogP contribution is -2.39. The molecule has 2 heterocycles. The zero-order valence-electron chi connectivity index (χ0n) is 10.4. The average molecular weight is 253 g/mol. The molecule has 1 aliphatic heterocycles. The van der Waals surface area contributed by atoms with Gasteiger partial charge in [-0.15, -0.1) is 0 Å². The highest BCUT2D eigenvalue weighted by molar-refractivity contribution is 5.05. The highest BCUT2D eigenvalue weighted by atomic mass is 16.6. The van der Waals surface area contributed by atoms with Crippen molar-refractivity contribution in [2.75, 3.05) is 19.8 Å². The fraction of sp³-hybridized carbons (Fsp3) is 0.833. The number of hydrogen-bond donors (Lipinski definition) is 1. The van der Waals surface area contributed by atoms with Crippen molar-refractivity contribution in [1.29, 1.82) is 0 Å². The summed E-state index contributed by atoms with van der Waals surface area (Å²) in [7, 11) is 0. The van der Waals surface area contributed by atoms with Crippen LogP contribution < -0.4 is 5.73 Å². The second kappa shape index (κ2) is 4.95. The van der Waals surface area contributed by atoms with Gasteiger partial charge in [-0.2, -0.15) is 4.98 Å². The second-order valence-corrected chi connectivity index (χ2v) is 5.11. The van der Waals surface area contributed by atoms with Crippen LogP contribution in [0.15, 0.2) is 4.52 Å². The van der Waals surface area contributed by atoms with Gasteiger partial charge >= 0.3 is 0 Å². The van der Waals surface area contributed by atoms with Crippen LogP contribution in [0.2, 0.25) is 0 Å². The number of hydrogen-bond acceptors (Lipinski definition) is 6. The van der Waals surface area contributed by atoms with Gasteiger partial charge in [0.2, 0.25) is 11.7 Å². The average Bonchev–Trinajstić information content (AvgIpc) is 2.91. The Bertz CT molecular complexity index is 395. The van der Waals surface area contributed by atoms with Crippen LogP contribution in [0, 0.1) is 0 Å². The molecule has 1 atom stereocenters. The smallest absolute Gasteiger partial charge is 0.246 e. The summed E-state index contributed by atoms with van der Waals surface area (Å²) in [5.74, 6) is 1.10. The normalized spacial score (nSPS) is 28.2. The van der Waals surface area contributed by atoms with Gasteiger partial charge in [-0.3, -0.25) is 0 Å². The van der Waals surface area contributed by atoms with Crippen LogP contribution >= 0.6 is 0 Å². The highest BCUT2D eigenvalue weighted by Gasteiger charge is 2.36. The third kappa shape index (κ3) is 2.28. The minimum Gasteiger partial charge on any atom is -0.376 e. The monoisotopic (exact) mass is 253 g/mol. The number of nitrogens with two attached hydrogens (primary N) is 1. The maximum Gasteiger partial charge on any atom is 0.246 e. The molecule has 1 aliphatic carbocycles.